The Kier molecular flexibility index (Phi) is 2.89. The summed E-state index contributed by atoms with van der Waals surface area (Å²) in [4.78, 5) is 0. The van der Waals surface area contributed by atoms with Gasteiger partial charge in [0.1, 0.15) is 0 Å². The van der Waals surface area contributed by atoms with Crippen molar-refractivity contribution < 1.29 is 0 Å². The summed E-state index contributed by atoms with van der Waals surface area (Å²) in [6.07, 6.45) is 0. The quantitative estimate of drug-likeness (QED) is 0.689. The van der Waals surface area contributed by atoms with Crippen LogP contribution in [0, 0.1) is 0 Å². The van der Waals surface area contributed by atoms with E-state index in [0.29, 0.717) is 5.92 Å². The van der Waals surface area contributed by atoms with Gasteiger partial charge in [-0.1, -0.05) is 0 Å². The Bertz CT molecular complexity index is 216. The van der Waals surface area contributed by atoms with Gasteiger partial charge in [0.2, 0.25) is 0 Å². The zero-order valence-electron chi connectivity index (χ0n) is 6.46. The summed E-state index contributed by atoms with van der Waals surface area (Å²) in [6.45, 7) is 4.50. The first-order valence-electron chi connectivity index (χ1n) is 3.56. The van der Waals surface area contributed by atoms with Gasteiger partial charge < -0.3 is 0 Å². The van der Waals surface area contributed by atoms with Crippen LogP contribution in [0.4, 0.5) is 0 Å². The standard InChI is InChI=1S/C9H11.Tl/c1-8(2)9-6-4-3-5-7-9;/h3-6,8H,1-2H3;. The molecule has 0 unspecified atom stereocenters. The van der Waals surface area contributed by atoms with Crippen LogP contribution in [0.25, 0.3) is 0 Å². The van der Waals surface area contributed by atoms with Crippen molar-refractivity contribution in [3.63, 3.8) is 0 Å². The molecule has 0 radical (unpaired) electrons. The molecule has 0 fully saturated rings. The second kappa shape index (κ2) is 3.51. The van der Waals surface area contributed by atoms with Crippen LogP contribution in [0.3, 0.4) is 0 Å². The monoisotopic (exact) mass is 324 g/mol. The van der Waals surface area contributed by atoms with Gasteiger partial charge >= 0.3 is 78.5 Å². The predicted octanol–water partition coefficient (Wildman–Crippen LogP) is 1.60. The predicted molar refractivity (Wildman–Crippen MR) is 45.9 cm³/mol. The number of hydrogen-bond donors (Lipinski definition) is 0. The van der Waals surface area contributed by atoms with Crippen LogP contribution < -0.4 is 3.12 Å². The van der Waals surface area contributed by atoms with Crippen molar-refractivity contribution in [3.8, 4) is 0 Å². The molecule has 0 N–H and O–H groups in total. The minimum absolute atomic E-state index is 0.696. The summed E-state index contributed by atoms with van der Waals surface area (Å²) in [6, 6.07) is 8.72. The number of rotatable bonds is 1. The van der Waals surface area contributed by atoms with E-state index in [2.05, 4.69) is 38.1 Å². The third-order valence-electron chi connectivity index (χ3n) is 1.62. The molecule has 0 spiro atoms. The molecule has 1 rings (SSSR count). The van der Waals surface area contributed by atoms with Crippen LogP contribution in [0.1, 0.15) is 25.3 Å². The van der Waals surface area contributed by atoms with Crippen molar-refractivity contribution in [2.45, 2.75) is 19.8 Å². The Morgan fingerprint density at radius 2 is 1.80 bits per heavy atom. The van der Waals surface area contributed by atoms with Gasteiger partial charge in [-0.25, -0.2) is 0 Å². The maximum absolute atomic E-state index is 2.25. The van der Waals surface area contributed by atoms with E-state index < -0.39 is 0 Å². The summed E-state index contributed by atoms with van der Waals surface area (Å²) in [7, 11) is 0. The second-order valence-electron chi connectivity index (χ2n) is 2.78. The molecule has 10 heavy (non-hydrogen) atoms. The van der Waals surface area contributed by atoms with Crippen LogP contribution in [0.2, 0.25) is 0 Å². The Labute approximate surface area is 78.3 Å². The first kappa shape index (κ1) is 8.24. The first-order valence-corrected chi connectivity index (χ1v) is 5.80. The van der Waals surface area contributed by atoms with Crippen molar-refractivity contribution in [3.05, 3.63) is 29.8 Å². The summed E-state index contributed by atoms with van der Waals surface area (Å²) in [5, 5.41) is 0. The molecule has 0 saturated carbocycles. The average molecular weight is 324 g/mol. The van der Waals surface area contributed by atoms with Gasteiger partial charge in [-0.3, -0.25) is 0 Å². The van der Waals surface area contributed by atoms with Gasteiger partial charge in [0.05, 0.1) is 0 Å². The fourth-order valence-corrected chi connectivity index (χ4v) is 3.14. The Hall–Kier alpha value is 0.142. The van der Waals surface area contributed by atoms with Crippen molar-refractivity contribution in [1.29, 1.82) is 0 Å². The van der Waals surface area contributed by atoms with Crippen molar-refractivity contribution >= 4 is 28.9 Å². The zero-order chi connectivity index (χ0) is 7.56. The van der Waals surface area contributed by atoms with E-state index in [1.165, 1.54) is 5.56 Å². The van der Waals surface area contributed by atoms with Crippen molar-refractivity contribution in [2.24, 2.45) is 0 Å². The van der Waals surface area contributed by atoms with Gasteiger partial charge in [-0.2, -0.15) is 0 Å². The van der Waals surface area contributed by atoms with E-state index >= 15 is 0 Å². The molecule has 1 aromatic carbocycles. The number of hydrogen-bond acceptors (Lipinski definition) is 0. The summed E-state index contributed by atoms with van der Waals surface area (Å²) < 4.78 is 1.57. The summed E-state index contributed by atoms with van der Waals surface area (Å²) >= 11 is 0.976. The third-order valence-corrected chi connectivity index (χ3v) is 3.66. The van der Waals surface area contributed by atoms with E-state index in [1.54, 1.807) is 3.12 Å². The molecule has 1 heteroatoms. The molecule has 50 valence electrons. The zero-order valence-corrected chi connectivity index (χ0v) is 11.0. The molecule has 0 aliphatic heterocycles. The fraction of sp³-hybridized carbons (Fsp3) is 0.333. The minimum atomic E-state index is 0.696. The molecule has 0 amide bonds. The normalized spacial score (nSPS) is 10.2. The molecule has 0 saturated heterocycles. The average Bonchev–Trinajstić information content (AvgIpc) is 1.88. The van der Waals surface area contributed by atoms with Crippen LogP contribution in [-0.4, -0.2) is 25.8 Å². The summed E-state index contributed by atoms with van der Waals surface area (Å²) in [5.41, 5.74) is 1.53. The van der Waals surface area contributed by atoms with E-state index in [0.717, 1.165) is 25.8 Å². The molecule has 1 aromatic rings. The van der Waals surface area contributed by atoms with Gasteiger partial charge in [0.25, 0.3) is 0 Å². The van der Waals surface area contributed by atoms with Crippen LogP contribution in [0.15, 0.2) is 24.3 Å². The van der Waals surface area contributed by atoms with Crippen LogP contribution in [0.5, 0.6) is 0 Å². The van der Waals surface area contributed by atoms with E-state index in [-0.39, 0.29) is 0 Å². The Morgan fingerprint density at radius 3 is 2.20 bits per heavy atom. The van der Waals surface area contributed by atoms with Crippen molar-refractivity contribution in [1.82, 2.24) is 0 Å². The number of benzene rings is 1. The third kappa shape index (κ3) is 1.81. The molecule has 0 aliphatic carbocycles. The molecular formula is C9H11Tl. The second-order valence-corrected chi connectivity index (χ2v) is 5.20. The van der Waals surface area contributed by atoms with Crippen molar-refractivity contribution in [2.75, 3.05) is 0 Å². The molecule has 0 heterocycles. The Morgan fingerprint density at radius 1 is 1.20 bits per heavy atom. The van der Waals surface area contributed by atoms with Gasteiger partial charge in [0, 0.05) is 0 Å². The van der Waals surface area contributed by atoms with Gasteiger partial charge in [0.15, 0.2) is 0 Å². The van der Waals surface area contributed by atoms with E-state index in [9.17, 15) is 0 Å². The molecule has 0 nitrogen and oxygen atoms in total. The van der Waals surface area contributed by atoms with Crippen LogP contribution >= 0.6 is 0 Å². The molecule has 0 aromatic heterocycles. The molecule has 0 aliphatic rings. The van der Waals surface area contributed by atoms with Crippen LogP contribution in [-0.2, 0) is 0 Å². The Balaban J connectivity index is 3.03. The molecule has 0 atom stereocenters. The van der Waals surface area contributed by atoms with E-state index in [1.807, 2.05) is 0 Å². The summed E-state index contributed by atoms with van der Waals surface area (Å²) in [5.74, 6) is 0.696. The topological polar surface area (TPSA) is 0 Å². The maximum atomic E-state index is 2.25. The molecular weight excluding hydrogens is 312 g/mol. The van der Waals surface area contributed by atoms with Gasteiger partial charge in [-0.15, -0.1) is 0 Å². The molecule has 0 bridgehead atoms. The SMILES string of the molecule is CC(C)c1cccc[c]1[Tl]. The fourth-order valence-electron chi connectivity index (χ4n) is 1.04. The van der Waals surface area contributed by atoms with E-state index in [4.69, 9.17) is 0 Å². The first-order chi connectivity index (χ1) is 4.72. The van der Waals surface area contributed by atoms with Gasteiger partial charge in [-0.05, 0) is 0 Å².